The molecule has 0 aliphatic heterocycles. The van der Waals surface area contributed by atoms with E-state index in [2.05, 4.69) is 29.5 Å². The highest BCUT2D eigenvalue weighted by atomic mass is 127. The van der Waals surface area contributed by atoms with Gasteiger partial charge in [-0.25, -0.2) is 0 Å². The first kappa shape index (κ1) is 20.7. The summed E-state index contributed by atoms with van der Waals surface area (Å²) in [5.74, 6) is 0.558. The largest absolute Gasteiger partial charge is 0.396 e. The quantitative estimate of drug-likeness (QED) is 0.179. The SMILES string of the molecule is CCC(CO)CCCCCCCCCCCCCCI. The number of rotatable bonds is 16. The van der Waals surface area contributed by atoms with Crippen LogP contribution >= 0.6 is 22.6 Å². The average molecular weight is 396 g/mol. The smallest absolute Gasteiger partial charge is 0.0459 e. The van der Waals surface area contributed by atoms with Crippen molar-refractivity contribution < 1.29 is 5.11 Å². The first-order valence-corrected chi connectivity index (χ1v) is 10.5. The summed E-state index contributed by atoms with van der Waals surface area (Å²) in [6.07, 6.45) is 19.4. The minimum absolute atomic E-state index is 0.383. The van der Waals surface area contributed by atoms with E-state index in [1.54, 1.807) is 0 Å². The van der Waals surface area contributed by atoms with Gasteiger partial charge in [0.2, 0.25) is 0 Å². The predicted molar refractivity (Wildman–Crippen MR) is 99.8 cm³/mol. The van der Waals surface area contributed by atoms with Gasteiger partial charge in [0.25, 0.3) is 0 Å². The lowest BCUT2D eigenvalue weighted by Gasteiger charge is -2.10. The van der Waals surface area contributed by atoms with Crippen molar-refractivity contribution in [3.05, 3.63) is 0 Å². The van der Waals surface area contributed by atoms with Crippen molar-refractivity contribution in [2.24, 2.45) is 5.92 Å². The molecule has 0 spiro atoms. The Hall–Kier alpha value is 0.690. The lowest BCUT2D eigenvalue weighted by molar-refractivity contribution is 0.211. The Morgan fingerprint density at radius 3 is 1.45 bits per heavy atom. The number of unbranched alkanes of at least 4 members (excludes halogenated alkanes) is 11. The molecule has 0 saturated heterocycles. The van der Waals surface area contributed by atoms with Gasteiger partial charge in [-0.3, -0.25) is 0 Å². The number of aliphatic hydroxyl groups excluding tert-OH is 1. The molecule has 1 nitrogen and oxygen atoms in total. The zero-order chi connectivity index (χ0) is 14.9. The molecular weight excluding hydrogens is 359 g/mol. The molecule has 0 heterocycles. The second-order valence-electron chi connectivity index (χ2n) is 6.18. The molecule has 122 valence electrons. The zero-order valence-corrected chi connectivity index (χ0v) is 15.9. The topological polar surface area (TPSA) is 20.2 Å². The van der Waals surface area contributed by atoms with Gasteiger partial charge in [-0.15, -0.1) is 0 Å². The summed E-state index contributed by atoms with van der Waals surface area (Å²) < 4.78 is 1.33. The normalized spacial score (nSPS) is 12.8. The van der Waals surface area contributed by atoms with Crippen molar-refractivity contribution >= 4 is 22.6 Å². The Bertz CT molecular complexity index is 169. The van der Waals surface area contributed by atoms with Crippen molar-refractivity contribution in [3.8, 4) is 0 Å². The van der Waals surface area contributed by atoms with Gasteiger partial charge >= 0.3 is 0 Å². The van der Waals surface area contributed by atoms with Gasteiger partial charge < -0.3 is 5.11 Å². The molecule has 0 aromatic rings. The first-order valence-electron chi connectivity index (χ1n) is 9.02. The summed E-state index contributed by atoms with van der Waals surface area (Å²) >= 11 is 2.48. The number of aliphatic hydroxyl groups is 1. The molecule has 0 saturated carbocycles. The number of hydrogen-bond acceptors (Lipinski definition) is 1. The van der Waals surface area contributed by atoms with E-state index in [1.165, 1.54) is 87.9 Å². The van der Waals surface area contributed by atoms with E-state index in [9.17, 15) is 0 Å². The number of halogens is 1. The Labute approximate surface area is 141 Å². The van der Waals surface area contributed by atoms with E-state index < -0.39 is 0 Å². The van der Waals surface area contributed by atoms with Gasteiger partial charge in [0.05, 0.1) is 0 Å². The van der Waals surface area contributed by atoms with Crippen LogP contribution in [0.5, 0.6) is 0 Å². The molecular formula is C18H37IO. The van der Waals surface area contributed by atoms with Crippen LogP contribution in [0, 0.1) is 5.92 Å². The summed E-state index contributed by atoms with van der Waals surface area (Å²) in [5, 5.41) is 9.12. The standard InChI is InChI=1S/C18H37IO/c1-2-18(17-20)15-13-11-9-7-5-3-4-6-8-10-12-14-16-19/h18,20H,2-17H2,1H3. The Morgan fingerprint density at radius 2 is 1.10 bits per heavy atom. The van der Waals surface area contributed by atoms with Crippen LogP contribution in [0.25, 0.3) is 0 Å². The number of hydrogen-bond donors (Lipinski definition) is 1. The van der Waals surface area contributed by atoms with Crippen LogP contribution in [0.1, 0.15) is 96.8 Å². The Kier molecular flexibility index (Phi) is 18.4. The van der Waals surface area contributed by atoms with Gasteiger partial charge in [-0.2, -0.15) is 0 Å². The van der Waals surface area contributed by atoms with Crippen molar-refractivity contribution in [1.29, 1.82) is 0 Å². The van der Waals surface area contributed by atoms with Crippen LogP contribution in [0.2, 0.25) is 0 Å². The molecule has 1 N–H and O–H groups in total. The third-order valence-electron chi connectivity index (χ3n) is 4.33. The molecule has 0 aliphatic rings. The third kappa shape index (κ3) is 15.1. The molecule has 0 aromatic heterocycles. The van der Waals surface area contributed by atoms with E-state index >= 15 is 0 Å². The van der Waals surface area contributed by atoms with Crippen LogP contribution in [0.4, 0.5) is 0 Å². The molecule has 0 radical (unpaired) electrons. The van der Waals surface area contributed by atoms with E-state index in [0.717, 1.165) is 6.42 Å². The van der Waals surface area contributed by atoms with E-state index in [-0.39, 0.29) is 0 Å². The first-order chi connectivity index (χ1) is 9.85. The summed E-state index contributed by atoms with van der Waals surface area (Å²) in [6, 6.07) is 0. The van der Waals surface area contributed by atoms with Crippen molar-refractivity contribution in [2.45, 2.75) is 96.8 Å². The fourth-order valence-electron chi connectivity index (χ4n) is 2.72. The summed E-state index contributed by atoms with van der Waals surface area (Å²) in [7, 11) is 0. The maximum absolute atomic E-state index is 9.12. The number of alkyl halides is 1. The maximum atomic E-state index is 9.12. The molecule has 0 aliphatic carbocycles. The minimum atomic E-state index is 0.383. The highest BCUT2D eigenvalue weighted by Gasteiger charge is 2.03. The van der Waals surface area contributed by atoms with Crippen LogP contribution < -0.4 is 0 Å². The molecule has 2 heteroatoms. The van der Waals surface area contributed by atoms with Crippen LogP contribution in [0.3, 0.4) is 0 Å². The second-order valence-corrected chi connectivity index (χ2v) is 7.26. The van der Waals surface area contributed by atoms with Crippen LogP contribution in [-0.2, 0) is 0 Å². The highest BCUT2D eigenvalue weighted by molar-refractivity contribution is 14.1. The molecule has 0 bridgehead atoms. The van der Waals surface area contributed by atoms with Crippen LogP contribution in [-0.4, -0.2) is 16.1 Å². The van der Waals surface area contributed by atoms with Gasteiger partial charge in [0, 0.05) is 6.61 Å². The van der Waals surface area contributed by atoms with Gasteiger partial charge in [0.15, 0.2) is 0 Å². The molecule has 0 fully saturated rings. The predicted octanol–water partition coefficient (Wildman–Crippen LogP) is 6.51. The fourth-order valence-corrected chi connectivity index (χ4v) is 3.26. The Balaban J connectivity index is 3.02. The molecule has 0 aromatic carbocycles. The molecule has 0 rings (SSSR count). The lowest BCUT2D eigenvalue weighted by Crippen LogP contribution is -2.03. The van der Waals surface area contributed by atoms with Crippen molar-refractivity contribution in [1.82, 2.24) is 0 Å². The molecule has 0 amide bonds. The lowest BCUT2D eigenvalue weighted by atomic mass is 9.98. The maximum Gasteiger partial charge on any atom is 0.0459 e. The molecule has 20 heavy (non-hydrogen) atoms. The van der Waals surface area contributed by atoms with Gasteiger partial charge in [-0.1, -0.05) is 107 Å². The average Bonchev–Trinajstić information content (AvgIpc) is 2.48. The summed E-state index contributed by atoms with van der Waals surface area (Å²) in [4.78, 5) is 0. The van der Waals surface area contributed by atoms with E-state index in [1.807, 2.05) is 0 Å². The van der Waals surface area contributed by atoms with Gasteiger partial charge in [-0.05, 0) is 23.2 Å². The Morgan fingerprint density at radius 1 is 0.700 bits per heavy atom. The third-order valence-corrected chi connectivity index (χ3v) is 5.09. The minimum Gasteiger partial charge on any atom is -0.396 e. The van der Waals surface area contributed by atoms with Crippen molar-refractivity contribution in [2.75, 3.05) is 11.0 Å². The van der Waals surface area contributed by atoms with E-state index in [0.29, 0.717) is 12.5 Å². The fraction of sp³-hybridized carbons (Fsp3) is 1.00. The highest BCUT2D eigenvalue weighted by Crippen LogP contribution is 2.15. The summed E-state index contributed by atoms with van der Waals surface area (Å²) in [5.41, 5.74) is 0. The van der Waals surface area contributed by atoms with E-state index in [4.69, 9.17) is 5.11 Å². The second kappa shape index (κ2) is 17.7. The summed E-state index contributed by atoms with van der Waals surface area (Å²) in [6.45, 7) is 2.57. The van der Waals surface area contributed by atoms with Gasteiger partial charge in [0.1, 0.15) is 0 Å². The molecule has 1 unspecified atom stereocenters. The zero-order valence-electron chi connectivity index (χ0n) is 13.7. The monoisotopic (exact) mass is 396 g/mol. The van der Waals surface area contributed by atoms with Crippen LogP contribution in [0.15, 0.2) is 0 Å². The molecule has 1 atom stereocenters. The van der Waals surface area contributed by atoms with Crippen molar-refractivity contribution in [3.63, 3.8) is 0 Å².